The van der Waals surface area contributed by atoms with Gasteiger partial charge >= 0.3 is 0 Å². The van der Waals surface area contributed by atoms with Gasteiger partial charge in [-0.1, -0.05) is 6.92 Å². The van der Waals surface area contributed by atoms with E-state index in [4.69, 9.17) is 11.0 Å². The summed E-state index contributed by atoms with van der Waals surface area (Å²) < 4.78 is 0. The topological polar surface area (TPSA) is 78.6 Å². The fourth-order valence-corrected chi connectivity index (χ4v) is 1.11. The van der Waals surface area contributed by atoms with Crippen molar-refractivity contribution in [3.63, 3.8) is 0 Å². The van der Waals surface area contributed by atoms with Crippen LogP contribution in [-0.2, 0) is 4.79 Å². The molecule has 0 aromatic rings. The highest BCUT2D eigenvalue weighted by Crippen LogP contribution is 2.14. The zero-order chi connectivity index (χ0) is 7.72. The van der Waals surface area contributed by atoms with Gasteiger partial charge in [-0.15, -0.1) is 0 Å². The number of hydrogen-bond donors (Lipinski definition) is 3. The molecule has 1 amide bonds. The molecule has 1 rings (SSSR count). The number of amides is 1. The average Bonchev–Trinajstić information content (AvgIpc) is 2.09. The summed E-state index contributed by atoms with van der Waals surface area (Å²) in [7, 11) is 0. The lowest BCUT2D eigenvalue weighted by Crippen LogP contribution is -2.43. The highest BCUT2D eigenvalue weighted by molar-refractivity contribution is 5.83. The molecule has 1 fully saturated rings. The Morgan fingerprint density at radius 2 is 2.50 bits per heavy atom. The second-order valence-electron chi connectivity index (χ2n) is 2.54. The molecule has 1 heterocycles. The molecule has 5 nitrogen and oxygen atoms in total. The average molecular weight is 145 g/mol. The first kappa shape index (κ1) is 7.46. The van der Waals surface area contributed by atoms with Gasteiger partial charge in [0.1, 0.15) is 6.04 Å². The van der Waals surface area contributed by atoms with Crippen LogP contribution in [-0.4, -0.2) is 28.8 Å². The lowest BCUT2D eigenvalue weighted by Gasteiger charge is -2.08. The number of hydrazine groups is 1. The van der Waals surface area contributed by atoms with Crippen molar-refractivity contribution < 1.29 is 10.0 Å². The third kappa shape index (κ3) is 0.985. The van der Waals surface area contributed by atoms with Gasteiger partial charge in [0.05, 0.1) is 6.54 Å². The number of hydroxylamine groups is 2. The number of rotatable bonds is 1. The molecule has 1 aliphatic heterocycles. The molecule has 0 aliphatic carbocycles. The standard InChI is InChI=1S/C5H11N3O2/c1-3-2-8(10)5(9)4(3)7-6/h3-4,7,10H,2,6H2,1H3/t3-,4+/m0/s1. The Morgan fingerprint density at radius 3 is 2.70 bits per heavy atom. The van der Waals surface area contributed by atoms with E-state index in [0.717, 1.165) is 0 Å². The van der Waals surface area contributed by atoms with Crippen molar-refractivity contribution in [1.29, 1.82) is 0 Å². The van der Waals surface area contributed by atoms with Crippen molar-refractivity contribution >= 4 is 5.91 Å². The normalized spacial score (nSPS) is 33.5. The Balaban J connectivity index is 2.64. The molecule has 0 spiro atoms. The van der Waals surface area contributed by atoms with E-state index in [0.29, 0.717) is 11.6 Å². The molecule has 0 bridgehead atoms. The first-order valence-corrected chi connectivity index (χ1v) is 3.13. The highest BCUT2D eigenvalue weighted by Gasteiger charge is 2.36. The van der Waals surface area contributed by atoms with Crippen LogP contribution in [0, 0.1) is 5.92 Å². The maximum absolute atomic E-state index is 10.9. The van der Waals surface area contributed by atoms with Crippen molar-refractivity contribution in [2.45, 2.75) is 13.0 Å². The quantitative estimate of drug-likeness (QED) is 0.243. The van der Waals surface area contributed by atoms with E-state index in [2.05, 4.69) is 5.43 Å². The van der Waals surface area contributed by atoms with Crippen molar-refractivity contribution in [3.05, 3.63) is 0 Å². The Bertz CT molecular complexity index is 150. The molecule has 0 aromatic heterocycles. The summed E-state index contributed by atoms with van der Waals surface area (Å²) in [6, 6.07) is -0.426. The molecule has 0 saturated carbocycles. The van der Waals surface area contributed by atoms with Crippen LogP contribution in [0.2, 0.25) is 0 Å². The summed E-state index contributed by atoms with van der Waals surface area (Å²) >= 11 is 0. The van der Waals surface area contributed by atoms with E-state index >= 15 is 0 Å². The van der Waals surface area contributed by atoms with Gasteiger partial charge in [0.25, 0.3) is 5.91 Å². The molecule has 1 aliphatic rings. The minimum absolute atomic E-state index is 0.0718. The van der Waals surface area contributed by atoms with Crippen LogP contribution < -0.4 is 11.3 Å². The van der Waals surface area contributed by atoms with Gasteiger partial charge < -0.3 is 0 Å². The van der Waals surface area contributed by atoms with Crippen LogP contribution in [0.25, 0.3) is 0 Å². The second kappa shape index (κ2) is 2.53. The molecule has 1 saturated heterocycles. The first-order chi connectivity index (χ1) is 4.66. The summed E-state index contributed by atoms with van der Waals surface area (Å²) in [5.41, 5.74) is 2.34. The van der Waals surface area contributed by atoms with E-state index < -0.39 is 6.04 Å². The second-order valence-corrected chi connectivity index (χ2v) is 2.54. The number of carbonyl (C=O) groups is 1. The lowest BCUT2D eigenvalue weighted by molar-refractivity contribution is -0.158. The van der Waals surface area contributed by atoms with Gasteiger partial charge in [-0.3, -0.25) is 15.8 Å². The summed E-state index contributed by atoms with van der Waals surface area (Å²) in [5, 5.41) is 9.55. The Hall–Kier alpha value is -0.650. The van der Waals surface area contributed by atoms with E-state index in [1.807, 2.05) is 6.92 Å². The third-order valence-corrected chi connectivity index (χ3v) is 1.73. The Labute approximate surface area is 58.7 Å². The maximum atomic E-state index is 10.9. The largest absolute Gasteiger partial charge is 0.286 e. The van der Waals surface area contributed by atoms with E-state index in [1.165, 1.54) is 0 Å². The van der Waals surface area contributed by atoms with Gasteiger partial charge in [0, 0.05) is 5.92 Å². The number of hydrogen-bond acceptors (Lipinski definition) is 4. The van der Waals surface area contributed by atoms with Crippen molar-refractivity contribution in [2.75, 3.05) is 6.54 Å². The SMILES string of the molecule is C[C@H]1CN(O)C(=O)[C@@H]1NN. The first-order valence-electron chi connectivity index (χ1n) is 3.13. The summed E-state index contributed by atoms with van der Waals surface area (Å²) in [5.74, 6) is 4.79. The molecule has 0 aromatic carbocycles. The highest BCUT2D eigenvalue weighted by atomic mass is 16.5. The fraction of sp³-hybridized carbons (Fsp3) is 0.800. The molecule has 0 unspecified atom stereocenters. The summed E-state index contributed by atoms with van der Waals surface area (Å²) in [6.07, 6.45) is 0. The fourth-order valence-electron chi connectivity index (χ4n) is 1.11. The Morgan fingerprint density at radius 1 is 1.90 bits per heavy atom. The Kier molecular flexibility index (Phi) is 1.89. The van der Waals surface area contributed by atoms with Gasteiger partial charge in [-0.25, -0.2) is 10.5 Å². The predicted octanol–water partition coefficient (Wildman–Crippen LogP) is -1.31. The van der Waals surface area contributed by atoms with Crippen molar-refractivity contribution in [3.8, 4) is 0 Å². The molecule has 4 N–H and O–H groups in total. The van der Waals surface area contributed by atoms with E-state index in [9.17, 15) is 4.79 Å². The zero-order valence-corrected chi connectivity index (χ0v) is 5.74. The minimum atomic E-state index is -0.426. The van der Waals surface area contributed by atoms with Crippen LogP contribution in [0.4, 0.5) is 0 Å². The van der Waals surface area contributed by atoms with Crippen molar-refractivity contribution in [1.82, 2.24) is 10.5 Å². The van der Waals surface area contributed by atoms with Crippen LogP contribution in [0.3, 0.4) is 0 Å². The number of nitrogens with two attached hydrogens (primary N) is 1. The molecule has 10 heavy (non-hydrogen) atoms. The summed E-state index contributed by atoms with van der Waals surface area (Å²) in [6.45, 7) is 2.20. The molecule has 0 radical (unpaired) electrons. The molecule has 5 heteroatoms. The monoisotopic (exact) mass is 145 g/mol. The number of nitrogens with one attached hydrogen (secondary N) is 1. The van der Waals surface area contributed by atoms with Crippen LogP contribution in [0.5, 0.6) is 0 Å². The van der Waals surface area contributed by atoms with Gasteiger partial charge in [0.15, 0.2) is 0 Å². The number of nitrogens with zero attached hydrogens (tertiary/aromatic N) is 1. The van der Waals surface area contributed by atoms with Gasteiger partial charge in [0.2, 0.25) is 0 Å². The number of carbonyl (C=O) groups excluding carboxylic acids is 1. The van der Waals surface area contributed by atoms with E-state index in [-0.39, 0.29) is 11.8 Å². The lowest BCUT2D eigenvalue weighted by atomic mass is 10.1. The van der Waals surface area contributed by atoms with Crippen LogP contribution in [0.15, 0.2) is 0 Å². The predicted molar refractivity (Wildman–Crippen MR) is 33.8 cm³/mol. The molecular weight excluding hydrogens is 134 g/mol. The van der Waals surface area contributed by atoms with Crippen LogP contribution >= 0.6 is 0 Å². The molecule has 2 atom stereocenters. The summed E-state index contributed by atoms with van der Waals surface area (Å²) in [4.78, 5) is 10.9. The third-order valence-electron chi connectivity index (χ3n) is 1.73. The van der Waals surface area contributed by atoms with Gasteiger partial charge in [-0.2, -0.15) is 0 Å². The smallest absolute Gasteiger partial charge is 0.264 e. The van der Waals surface area contributed by atoms with Crippen molar-refractivity contribution in [2.24, 2.45) is 11.8 Å². The molecular formula is C5H11N3O2. The van der Waals surface area contributed by atoms with E-state index in [1.54, 1.807) is 0 Å². The molecule has 58 valence electrons. The van der Waals surface area contributed by atoms with Gasteiger partial charge in [-0.05, 0) is 0 Å². The maximum Gasteiger partial charge on any atom is 0.264 e. The minimum Gasteiger partial charge on any atom is -0.286 e. The van der Waals surface area contributed by atoms with Crippen LogP contribution in [0.1, 0.15) is 6.92 Å². The zero-order valence-electron chi connectivity index (χ0n) is 5.74.